The van der Waals surface area contributed by atoms with Gasteiger partial charge in [0.2, 0.25) is 0 Å². The van der Waals surface area contributed by atoms with Gasteiger partial charge in [-0.15, -0.1) is 0 Å². The average molecular weight is 407 g/mol. The molecule has 0 heterocycles. The maximum atomic E-state index is 12.1. The van der Waals surface area contributed by atoms with Gasteiger partial charge in [-0.2, -0.15) is 0 Å². The molecule has 2 atom stereocenters. The molecule has 162 valence electrons. The van der Waals surface area contributed by atoms with Gasteiger partial charge < -0.3 is 4.74 Å². The van der Waals surface area contributed by atoms with E-state index < -0.39 is 5.60 Å². The Balaban J connectivity index is 1.73. The SMILES string of the molecule is CCCCCCC(C)(C)C1=CCC(OCc2ccccc2)(C2CC=CC(=O)C2)C=C1. The molecule has 0 fully saturated rings. The van der Waals surface area contributed by atoms with E-state index in [0.29, 0.717) is 13.0 Å². The topological polar surface area (TPSA) is 26.3 Å². The minimum absolute atomic E-state index is 0.179. The molecule has 0 saturated carbocycles. The summed E-state index contributed by atoms with van der Waals surface area (Å²) in [6.45, 7) is 7.56. The van der Waals surface area contributed by atoms with Crippen molar-refractivity contribution in [3.8, 4) is 0 Å². The van der Waals surface area contributed by atoms with Crippen molar-refractivity contribution >= 4 is 5.78 Å². The molecule has 1 aromatic rings. The normalized spacial score (nSPS) is 24.2. The van der Waals surface area contributed by atoms with Gasteiger partial charge in [-0.05, 0) is 41.9 Å². The van der Waals surface area contributed by atoms with Crippen molar-refractivity contribution in [2.75, 3.05) is 0 Å². The van der Waals surface area contributed by atoms with Gasteiger partial charge in [-0.3, -0.25) is 4.79 Å². The third kappa shape index (κ3) is 5.82. The van der Waals surface area contributed by atoms with Crippen molar-refractivity contribution in [3.63, 3.8) is 0 Å². The second-order valence-corrected chi connectivity index (χ2v) is 9.63. The molecule has 0 bridgehead atoms. The molecule has 0 saturated heterocycles. The molecule has 0 radical (unpaired) electrons. The number of unbranched alkanes of at least 4 members (excludes halogenated alkanes) is 3. The van der Waals surface area contributed by atoms with E-state index in [1.807, 2.05) is 24.3 Å². The van der Waals surface area contributed by atoms with Crippen LogP contribution in [-0.2, 0) is 16.1 Å². The molecule has 2 heteroatoms. The quantitative estimate of drug-likeness (QED) is 0.379. The van der Waals surface area contributed by atoms with Crippen LogP contribution in [0.4, 0.5) is 0 Å². The standard InChI is InChI=1S/C28H38O2/c1-4-5-6-10-18-27(2,3)24-16-19-28(20-17-24,25-14-11-15-26(29)21-25)30-22-23-12-8-7-9-13-23/h7-9,11-13,15-17,19,25H,4-6,10,14,18,20-22H2,1-3H3. The number of rotatable bonds is 10. The van der Waals surface area contributed by atoms with Gasteiger partial charge in [0.15, 0.2) is 5.78 Å². The Labute approximate surface area is 183 Å². The molecule has 0 aliphatic heterocycles. The van der Waals surface area contributed by atoms with Crippen LogP contribution in [0.3, 0.4) is 0 Å². The number of carbonyl (C=O) groups excluding carboxylic acids is 1. The highest BCUT2D eigenvalue weighted by molar-refractivity contribution is 5.90. The van der Waals surface area contributed by atoms with Gasteiger partial charge in [0.05, 0.1) is 12.2 Å². The van der Waals surface area contributed by atoms with Crippen molar-refractivity contribution in [3.05, 3.63) is 71.8 Å². The van der Waals surface area contributed by atoms with Gasteiger partial charge in [0.25, 0.3) is 0 Å². The molecular formula is C28H38O2. The lowest BCUT2D eigenvalue weighted by molar-refractivity contribution is -0.120. The van der Waals surface area contributed by atoms with Crippen LogP contribution in [0.5, 0.6) is 0 Å². The fraction of sp³-hybridized carbons (Fsp3) is 0.536. The number of ketones is 1. The van der Waals surface area contributed by atoms with Crippen LogP contribution in [-0.4, -0.2) is 11.4 Å². The molecule has 0 N–H and O–H groups in total. The van der Waals surface area contributed by atoms with E-state index in [1.54, 1.807) is 6.08 Å². The number of hydrogen-bond acceptors (Lipinski definition) is 2. The minimum atomic E-state index is -0.405. The Morgan fingerprint density at radius 3 is 2.57 bits per heavy atom. The summed E-state index contributed by atoms with van der Waals surface area (Å²) in [7, 11) is 0. The van der Waals surface area contributed by atoms with E-state index in [0.717, 1.165) is 12.8 Å². The molecule has 0 aromatic heterocycles. The highest BCUT2D eigenvalue weighted by Gasteiger charge is 2.40. The average Bonchev–Trinajstić information content (AvgIpc) is 2.76. The number of hydrogen-bond donors (Lipinski definition) is 0. The first kappa shape index (κ1) is 22.7. The first-order valence-electron chi connectivity index (χ1n) is 11.7. The lowest BCUT2D eigenvalue weighted by atomic mass is 9.70. The summed E-state index contributed by atoms with van der Waals surface area (Å²) in [5.74, 6) is 0.411. The molecule has 2 aliphatic carbocycles. The summed E-state index contributed by atoms with van der Waals surface area (Å²) in [4.78, 5) is 12.1. The predicted octanol–water partition coefficient (Wildman–Crippen LogP) is 7.36. The van der Waals surface area contributed by atoms with Crippen LogP contribution in [0.15, 0.2) is 66.3 Å². The molecule has 0 spiro atoms. The Morgan fingerprint density at radius 1 is 1.10 bits per heavy atom. The smallest absolute Gasteiger partial charge is 0.155 e. The van der Waals surface area contributed by atoms with Gasteiger partial charge in [0.1, 0.15) is 0 Å². The van der Waals surface area contributed by atoms with E-state index in [-0.39, 0.29) is 17.1 Å². The van der Waals surface area contributed by atoms with Crippen molar-refractivity contribution in [1.82, 2.24) is 0 Å². The molecule has 1 aromatic carbocycles. The number of allylic oxidation sites excluding steroid dienone is 4. The monoisotopic (exact) mass is 406 g/mol. The number of ether oxygens (including phenoxy) is 1. The van der Waals surface area contributed by atoms with Crippen LogP contribution in [0, 0.1) is 11.3 Å². The fourth-order valence-electron chi connectivity index (χ4n) is 4.73. The zero-order valence-electron chi connectivity index (χ0n) is 19.0. The number of carbonyl (C=O) groups is 1. The zero-order chi connectivity index (χ0) is 21.5. The molecule has 3 rings (SSSR count). The Bertz CT molecular complexity index is 784. The van der Waals surface area contributed by atoms with Crippen molar-refractivity contribution in [1.29, 1.82) is 0 Å². The zero-order valence-corrected chi connectivity index (χ0v) is 19.0. The summed E-state index contributed by atoms with van der Waals surface area (Å²) in [6, 6.07) is 10.3. The summed E-state index contributed by atoms with van der Waals surface area (Å²) < 4.78 is 6.60. The largest absolute Gasteiger partial charge is 0.366 e. The third-order valence-corrected chi connectivity index (χ3v) is 6.84. The van der Waals surface area contributed by atoms with E-state index in [2.05, 4.69) is 51.1 Å². The van der Waals surface area contributed by atoms with E-state index in [4.69, 9.17) is 4.74 Å². The summed E-state index contributed by atoms with van der Waals surface area (Å²) in [6.07, 6.45) is 19.4. The van der Waals surface area contributed by atoms with Crippen LogP contribution in [0.1, 0.15) is 77.7 Å². The minimum Gasteiger partial charge on any atom is -0.366 e. The highest BCUT2D eigenvalue weighted by atomic mass is 16.5. The predicted molar refractivity (Wildman–Crippen MR) is 125 cm³/mol. The Hall–Kier alpha value is -1.93. The number of benzene rings is 1. The van der Waals surface area contributed by atoms with Gasteiger partial charge >= 0.3 is 0 Å². The van der Waals surface area contributed by atoms with Crippen LogP contribution < -0.4 is 0 Å². The maximum Gasteiger partial charge on any atom is 0.155 e. The molecule has 30 heavy (non-hydrogen) atoms. The summed E-state index contributed by atoms with van der Waals surface area (Å²) in [5.41, 5.74) is 2.36. The lowest BCUT2D eigenvalue weighted by Gasteiger charge is -2.41. The molecular weight excluding hydrogens is 368 g/mol. The Kier molecular flexibility index (Phi) is 7.88. The molecule has 2 nitrogen and oxygen atoms in total. The summed E-state index contributed by atoms with van der Waals surface area (Å²) in [5, 5.41) is 0. The van der Waals surface area contributed by atoms with E-state index >= 15 is 0 Å². The van der Waals surface area contributed by atoms with Crippen LogP contribution >= 0.6 is 0 Å². The first-order valence-corrected chi connectivity index (χ1v) is 11.7. The summed E-state index contributed by atoms with van der Waals surface area (Å²) >= 11 is 0. The second-order valence-electron chi connectivity index (χ2n) is 9.63. The molecule has 2 aliphatic rings. The van der Waals surface area contributed by atoms with Crippen molar-refractivity contribution in [2.45, 2.75) is 84.3 Å². The van der Waals surface area contributed by atoms with Gasteiger partial charge in [-0.25, -0.2) is 0 Å². The maximum absolute atomic E-state index is 12.1. The van der Waals surface area contributed by atoms with Crippen LogP contribution in [0.2, 0.25) is 0 Å². The van der Waals surface area contributed by atoms with Gasteiger partial charge in [-0.1, -0.05) is 101 Å². The van der Waals surface area contributed by atoms with E-state index in [9.17, 15) is 4.79 Å². The highest BCUT2D eigenvalue weighted by Crippen LogP contribution is 2.43. The Morgan fingerprint density at radius 2 is 1.90 bits per heavy atom. The third-order valence-electron chi connectivity index (χ3n) is 6.84. The fourth-order valence-corrected chi connectivity index (χ4v) is 4.73. The second kappa shape index (κ2) is 10.4. The van der Waals surface area contributed by atoms with Crippen molar-refractivity contribution in [2.24, 2.45) is 11.3 Å². The van der Waals surface area contributed by atoms with Gasteiger partial charge in [0, 0.05) is 12.3 Å². The first-order chi connectivity index (χ1) is 14.5. The molecule has 0 amide bonds. The van der Waals surface area contributed by atoms with Crippen molar-refractivity contribution < 1.29 is 9.53 Å². The van der Waals surface area contributed by atoms with E-state index in [1.165, 1.54) is 43.2 Å². The van der Waals surface area contributed by atoms with Crippen LogP contribution in [0.25, 0.3) is 0 Å². The lowest BCUT2D eigenvalue weighted by Crippen LogP contribution is -2.42. The molecule has 2 unspecified atom stereocenters.